The quantitative estimate of drug-likeness (QED) is 0.822. The van der Waals surface area contributed by atoms with Crippen LogP contribution in [0.3, 0.4) is 0 Å². The van der Waals surface area contributed by atoms with Crippen LogP contribution < -0.4 is 4.72 Å². The van der Waals surface area contributed by atoms with Crippen LogP contribution in [-0.2, 0) is 19.6 Å². The molecule has 0 aromatic heterocycles. The predicted octanol–water partition coefficient (Wildman–Crippen LogP) is 2.41. The van der Waals surface area contributed by atoms with Crippen LogP contribution in [0, 0.1) is 0 Å². The lowest BCUT2D eigenvalue weighted by Crippen LogP contribution is -2.24. The third-order valence-corrected chi connectivity index (χ3v) is 3.88. The Balaban J connectivity index is 2.82. The number of rotatable bonds is 5. The van der Waals surface area contributed by atoms with Crippen LogP contribution in [0.2, 0.25) is 5.02 Å². The lowest BCUT2D eigenvalue weighted by molar-refractivity contribution is -0.139. The highest BCUT2D eigenvalue weighted by atomic mass is 79.9. The molecule has 18 heavy (non-hydrogen) atoms. The second kappa shape index (κ2) is 6.40. The monoisotopic (exact) mass is 355 g/mol. The predicted molar refractivity (Wildman–Crippen MR) is 73.2 cm³/mol. The average Bonchev–Trinajstić information content (AvgIpc) is 2.22. The summed E-state index contributed by atoms with van der Waals surface area (Å²) < 4.78 is 30.7. The molecule has 0 fully saturated rings. The number of carbonyl (C=O) groups excluding carboxylic acids is 1. The van der Waals surface area contributed by atoms with Gasteiger partial charge in [-0.3, -0.25) is 9.52 Å². The standard InChI is InChI=1S/C10H11BrClNO4S/c1-2-17-10(14)6-18(15,16)13-9-5-7(12)3-4-8(9)11/h3-5,13H,2,6H2,1H3. The van der Waals surface area contributed by atoms with E-state index in [1.54, 1.807) is 19.1 Å². The molecule has 8 heteroatoms. The maximum atomic E-state index is 11.7. The van der Waals surface area contributed by atoms with Gasteiger partial charge in [-0.25, -0.2) is 8.42 Å². The number of sulfonamides is 1. The summed E-state index contributed by atoms with van der Waals surface area (Å²) in [5, 5.41) is 0.382. The van der Waals surface area contributed by atoms with E-state index < -0.39 is 21.7 Å². The Morgan fingerprint density at radius 2 is 2.17 bits per heavy atom. The first-order chi connectivity index (χ1) is 8.34. The number of ether oxygens (including phenoxy) is 1. The molecule has 0 saturated heterocycles. The van der Waals surface area contributed by atoms with E-state index in [0.29, 0.717) is 9.50 Å². The van der Waals surface area contributed by atoms with Crippen LogP contribution in [0.25, 0.3) is 0 Å². The fraction of sp³-hybridized carbons (Fsp3) is 0.300. The van der Waals surface area contributed by atoms with Crippen molar-refractivity contribution in [3.63, 3.8) is 0 Å². The normalized spacial score (nSPS) is 11.1. The van der Waals surface area contributed by atoms with Crippen LogP contribution in [0.4, 0.5) is 5.69 Å². The van der Waals surface area contributed by atoms with Crippen LogP contribution >= 0.6 is 27.5 Å². The Hall–Kier alpha value is -0.790. The number of anilines is 1. The van der Waals surface area contributed by atoms with Gasteiger partial charge in [0.05, 0.1) is 12.3 Å². The van der Waals surface area contributed by atoms with E-state index in [4.69, 9.17) is 11.6 Å². The minimum absolute atomic E-state index is 0.134. The van der Waals surface area contributed by atoms with E-state index in [2.05, 4.69) is 25.4 Å². The van der Waals surface area contributed by atoms with Crippen LogP contribution in [0.5, 0.6) is 0 Å². The van der Waals surface area contributed by atoms with Gasteiger partial charge in [0.15, 0.2) is 5.75 Å². The molecule has 0 aliphatic carbocycles. The molecule has 0 amide bonds. The molecule has 1 rings (SSSR count). The first-order valence-electron chi connectivity index (χ1n) is 4.95. The van der Waals surface area contributed by atoms with Crippen molar-refractivity contribution in [3.8, 4) is 0 Å². The first kappa shape index (κ1) is 15.3. The van der Waals surface area contributed by atoms with E-state index in [9.17, 15) is 13.2 Å². The topological polar surface area (TPSA) is 72.5 Å². The second-order valence-electron chi connectivity index (χ2n) is 3.29. The maximum absolute atomic E-state index is 11.7. The zero-order chi connectivity index (χ0) is 13.8. The summed E-state index contributed by atoms with van der Waals surface area (Å²) in [6.45, 7) is 1.74. The Labute approximate surface area is 119 Å². The van der Waals surface area contributed by atoms with Crippen molar-refractivity contribution in [2.45, 2.75) is 6.92 Å². The van der Waals surface area contributed by atoms with E-state index in [1.165, 1.54) is 6.07 Å². The molecular formula is C10H11BrClNO4S. The minimum Gasteiger partial charge on any atom is -0.465 e. The lowest BCUT2D eigenvalue weighted by Gasteiger charge is -2.09. The summed E-state index contributed by atoms with van der Waals surface area (Å²) >= 11 is 8.93. The van der Waals surface area contributed by atoms with E-state index >= 15 is 0 Å². The summed E-state index contributed by atoms with van der Waals surface area (Å²) in [7, 11) is -3.81. The fourth-order valence-corrected chi connectivity index (χ4v) is 2.76. The summed E-state index contributed by atoms with van der Waals surface area (Å²) in [5.74, 6) is -1.54. The van der Waals surface area contributed by atoms with Crippen LogP contribution in [0.1, 0.15) is 6.92 Å². The molecule has 1 aromatic rings. The Bertz CT molecular complexity index is 547. The molecule has 0 atom stereocenters. The molecular weight excluding hydrogens is 346 g/mol. The Morgan fingerprint density at radius 3 is 2.78 bits per heavy atom. The number of esters is 1. The highest BCUT2D eigenvalue weighted by molar-refractivity contribution is 9.10. The number of hydrogen-bond acceptors (Lipinski definition) is 4. The molecule has 0 aliphatic rings. The summed E-state index contributed by atoms with van der Waals surface area (Å²) in [6.07, 6.45) is 0. The SMILES string of the molecule is CCOC(=O)CS(=O)(=O)Nc1cc(Cl)ccc1Br. The molecule has 1 N–H and O–H groups in total. The van der Waals surface area contributed by atoms with Crippen molar-refractivity contribution < 1.29 is 17.9 Å². The molecule has 0 saturated carbocycles. The number of carbonyl (C=O) groups is 1. The fourth-order valence-electron chi connectivity index (χ4n) is 1.14. The molecule has 0 aliphatic heterocycles. The van der Waals surface area contributed by atoms with Gasteiger partial charge in [-0.1, -0.05) is 11.6 Å². The molecule has 0 unspecified atom stereocenters. The van der Waals surface area contributed by atoms with Gasteiger partial charge in [-0.15, -0.1) is 0 Å². The third kappa shape index (κ3) is 4.83. The highest BCUT2D eigenvalue weighted by Gasteiger charge is 2.18. The molecule has 0 spiro atoms. The van der Waals surface area contributed by atoms with Gasteiger partial charge < -0.3 is 4.74 Å². The smallest absolute Gasteiger partial charge is 0.323 e. The zero-order valence-electron chi connectivity index (χ0n) is 9.44. The highest BCUT2D eigenvalue weighted by Crippen LogP contribution is 2.26. The van der Waals surface area contributed by atoms with Crippen molar-refractivity contribution >= 4 is 49.2 Å². The zero-order valence-corrected chi connectivity index (χ0v) is 12.6. The van der Waals surface area contributed by atoms with E-state index in [-0.39, 0.29) is 12.3 Å². The van der Waals surface area contributed by atoms with Crippen molar-refractivity contribution in [2.75, 3.05) is 17.1 Å². The van der Waals surface area contributed by atoms with Crippen molar-refractivity contribution in [2.24, 2.45) is 0 Å². The number of hydrogen-bond donors (Lipinski definition) is 1. The van der Waals surface area contributed by atoms with Crippen molar-refractivity contribution in [3.05, 3.63) is 27.7 Å². The van der Waals surface area contributed by atoms with Crippen LogP contribution in [-0.4, -0.2) is 26.7 Å². The van der Waals surface area contributed by atoms with Gasteiger partial charge >= 0.3 is 5.97 Å². The third-order valence-electron chi connectivity index (χ3n) is 1.81. The number of benzene rings is 1. The number of halogens is 2. The van der Waals surface area contributed by atoms with Gasteiger partial charge in [0.1, 0.15) is 0 Å². The molecule has 5 nitrogen and oxygen atoms in total. The Morgan fingerprint density at radius 1 is 1.50 bits per heavy atom. The van der Waals surface area contributed by atoms with Gasteiger partial charge in [0, 0.05) is 9.50 Å². The molecule has 0 radical (unpaired) electrons. The molecule has 1 aromatic carbocycles. The summed E-state index contributed by atoms with van der Waals surface area (Å²) in [5.41, 5.74) is 0.270. The average molecular weight is 357 g/mol. The van der Waals surface area contributed by atoms with Gasteiger partial charge in [-0.05, 0) is 41.1 Å². The Kier molecular flexibility index (Phi) is 5.43. The second-order valence-corrected chi connectivity index (χ2v) is 6.30. The molecule has 0 bridgehead atoms. The minimum atomic E-state index is -3.81. The number of nitrogens with one attached hydrogen (secondary N) is 1. The summed E-state index contributed by atoms with van der Waals surface area (Å²) in [4.78, 5) is 11.1. The van der Waals surface area contributed by atoms with Crippen molar-refractivity contribution in [1.82, 2.24) is 0 Å². The summed E-state index contributed by atoms with van der Waals surface area (Å²) in [6, 6.07) is 4.65. The van der Waals surface area contributed by atoms with Crippen LogP contribution in [0.15, 0.2) is 22.7 Å². The van der Waals surface area contributed by atoms with Gasteiger partial charge in [0.2, 0.25) is 10.0 Å². The molecule has 100 valence electrons. The van der Waals surface area contributed by atoms with E-state index in [1.807, 2.05) is 0 Å². The van der Waals surface area contributed by atoms with E-state index in [0.717, 1.165) is 0 Å². The van der Waals surface area contributed by atoms with Crippen molar-refractivity contribution in [1.29, 1.82) is 0 Å². The van der Waals surface area contributed by atoms with Gasteiger partial charge in [-0.2, -0.15) is 0 Å². The first-order valence-corrected chi connectivity index (χ1v) is 7.77. The lowest BCUT2D eigenvalue weighted by atomic mass is 10.3. The van der Waals surface area contributed by atoms with Gasteiger partial charge in [0.25, 0.3) is 0 Å². The molecule has 0 heterocycles. The maximum Gasteiger partial charge on any atom is 0.323 e. The largest absolute Gasteiger partial charge is 0.465 e.